The number of nitrogens with zero attached hydrogens (tertiary/aromatic N) is 1. The zero-order chi connectivity index (χ0) is 12.8. The van der Waals surface area contributed by atoms with Crippen LogP contribution in [-0.2, 0) is 4.74 Å². The Morgan fingerprint density at radius 2 is 1.94 bits per heavy atom. The van der Waals surface area contributed by atoms with Gasteiger partial charge in [0.1, 0.15) is 0 Å². The summed E-state index contributed by atoms with van der Waals surface area (Å²) in [4.78, 5) is 0. The molecular weight excluding hydrogens is 248 g/mol. The molecule has 2 rings (SSSR count). The lowest BCUT2D eigenvalue weighted by Gasteiger charge is -2.32. The molecule has 1 N–H and O–H groups in total. The predicted octanol–water partition coefficient (Wildman–Crippen LogP) is 3.02. The Morgan fingerprint density at radius 1 is 1.28 bits per heavy atom. The molecule has 1 aromatic rings. The number of halogens is 1. The van der Waals surface area contributed by atoms with Crippen LogP contribution >= 0.6 is 11.6 Å². The van der Waals surface area contributed by atoms with Crippen LogP contribution in [0.1, 0.15) is 31.4 Å². The summed E-state index contributed by atoms with van der Waals surface area (Å²) in [7, 11) is 0. The smallest absolute Gasteiger partial charge is 0.0608 e. The molecule has 18 heavy (non-hydrogen) atoms. The van der Waals surface area contributed by atoms with Crippen molar-refractivity contribution in [1.82, 2.24) is 10.4 Å². The van der Waals surface area contributed by atoms with E-state index in [1.807, 2.05) is 12.1 Å². The average Bonchev–Trinajstić information content (AvgIpc) is 2.40. The molecule has 1 atom stereocenters. The van der Waals surface area contributed by atoms with Crippen molar-refractivity contribution in [1.29, 1.82) is 0 Å². The Hall–Kier alpha value is -0.610. The highest BCUT2D eigenvalue weighted by Gasteiger charge is 2.16. The van der Waals surface area contributed by atoms with Gasteiger partial charge in [-0.1, -0.05) is 37.1 Å². The van der Waals surface area contributed by atoms with Gasteiger partial charge in [-0.05, 0) is 24.1 Å². The van der Waals surface area contributed by atoms with E-state index in [1.54, 1.807) is 0 Å². The molecule has 1 aliphatic heterocycles. The van der Waals surface area contributed by atoms with Gasteiger partial charge in [-0.25, -0.2) is 10.4 Å². The van der Waals surface area contributed by atoms with Crippen LogP contribution < -0.4 is 5.43 Å². The largest absolute Gasteiger partial charge is 0.379 e. The second kappa shape index (κ2) is 7.10. The molecule has 1 fully saturated rings. The van der Waals surface area contributed by atoms with Crippen LogP contribution in [0.3, 0.4) is 0 Å². The van der Waals surface area contributed by atoms with Crippen LogP contribution in [0.25, 0.3) is 0 Å². The minimum absolute atomic E-state index is 0.366. The number of hydrazine groups is 1. The number of ether oxygens (including phenoxy) is 1. The van der Waals surface area contributed by atoms with Gasteiger partial charge in [0.15, 0.2) is 0 Å². The number of rotatable bonds is 5. The summed E-state index contributed by atoms with van der Waals surface area (Å²) in [5.41, 5.74) is 4.90. The monoisotopic (exact) mass is 268 g/mol. The van der Waals surface area contributed by atoms with Gasteiger partial charge >= 0.3 is 0 Å². The van der Waals surface area contributed by atoms with Gasteiger partial charge in [-0.15, -0.1) is 0 Å². The maximum atomic E-state index is 5.94. The zero-order valence-electron chi connectivity index (χ0n) is 10.9. The van der Waals surface area contributed by atoms with Crippen molar-refractivity contribution in [3.05, 3.63) is 34.9 Å². The first-order valence-corrected chi connectivity index (χ1v) is 7.01. The second-order valence-corrected chi connectivity index (χ2v) is 5.06. The number of hydrogen-bond donors (Lipinski definition) is 1. The molecule has 3 nitrogen and oxygen atoms in total. The van der Waals surface area contributed by atoms with E-state index >= 15 is 0 Å². The summed E-state index contributed by atoms with van der Waals surface area (Å²) in [6.07, 6.45) is 2.28. The van der Waals surface area contributed by atoms with E-state index in [0.717, 1.165) is 44.2 Å². The van der Waals surface area contributed by atoms with Crippen molar-refractivity contribution in [2.45, 2.75) is 25.8 Å². The van der Waals surface area contributed by atoms with Gasteiger partial charge in [0, 0.05) is 24.2 Å². The van der Waals surface area contributed by atoms with Crippen molar-refractivity contribution in [3.8, 4) is 0 Å². The molecule has 1 aliphatic rings. The second-order valence-electron chi connectivity index (χ2n) is 4.62. The van der Waals surface area contributed by atoms with Crippen LogP contribution in [0, 0.1) is 0 Å². The van der Waals surface area contributed by atoms with E-state index in [1.165, 1.54) is 5.56 Å². The Balaban J connectivity index is 2.00. The van der Waals surface area contributed by atoms with E-state index in [2.05, 4.69) is 29.5 Å². The van der Waals surface area contributed by atoms with Gasteiger partial charge in [0.25, 0.3) is 0 Å². The van der Waals surface area contributed by atoms with E-state index in [9.17, 15) is 0 Å². The topological polar surface area (TPSA) is 24.5 Å². The summed E-state index contributed by atoms with van der Waals surface area (Å²) in [6, 6.07) is 8.50. The lowest BCUT2D eigenvalue weighted by atomic mass is 10.0. The SMILES string of the molecule is CCCC(NN1CCOCC1)c1ccc(Cl)cc1. The molecule has 0 aromatic heterocycles. The molecule has 100 valence electrons. The van der Waals surface area contributed by atoms with Crippen LogP contribution in [0.4, 0.5) is 0 Å². The summed E-state index contributed by atoms with van der Waals surface area (Å²) in [6.45, 7) is 5.74. The van der Waals surface area contributed by atoms with Crippen LogP contribution in [0.5, 0.6) is 0 Å². The molecule has 0 amide bonds. The fraction of sp³-hybridized carbons (Fsp3) is 0.571. The van der Waals surface area contributed by atoms with Crippen molar-refractivity contribution in [3.63, 3.8) is 0 Å². The zero-order valence-corrected chi connectivity index (χ0v) is 11.6. The van der Waals surface area contributed by atoms with Gasteiger partial charge in [0.2, 0.25) is 0 Å². The molecule has 1 heterocycles. The summed E-state index contributed by atoms with van der Waals surface area (Å²) >= 11 is 5.94. The summed E-state index contributed by atoms with van der Waals surface area (Å²) < 4.78 is 5.36. The quantitative estimate of drug-likeness (QED) is 0.888. The number of nitrogens with one attached hydrogen (secondary N) is 1. The molecule has 1 aromatic carbocycles. The fourth-order valence-electron chi connectivity index (χ4n) is 2.20. The molecule has 1 saturated heterocycles. The van der Waals surface area contributed by atoms with Crippen molar-refractivity contribution in [2.75, 3.05) is 26.3 Å². The standard InChI is InChI=1S/C14H21ClN2O/c1-2-3-14(12-4-6-13(15)7-5-12)16-17-8-10-18-11-9-17/h4-7,14,16H,2-3,8-11H2,1H3. The van der Waals surface area contributed by atoms with Gasteiger partial charge in [0.05, 0.1) is 13.2 Å². The van der Waals surface area contributed by atoms with Gasteiger partial charge in [-0.3, -0.25) is 0 Å². The summed E-state index contributed by atoms with van der Waals surface area (Å²) in [5.74, 6) is 0. The van der Waals surface area contributed by atoms with E-state index in [0.29, 0.717) is 6.04 Å². The Morgan fingerprint density at radius 3 is 2.56 bits per heavy atom. The van der Waals surface area contributed by atoms with Crippen LogP contribution in [0.15, 0.2) is 24.3 Å². The Kier molecular flexibility index (Phi) is 5.45. The van der Waals surface area contributed by atoms with E-state index < -0.39 is 0 Å². The molecule has 0 saturated carbocycles. The summed E-state index contributed by atoms with van der Waals surface area (Å²) in [5, 5.41) is 3.05. The molecule has 1 unspecified atom stereocenters. The minimum atomic E-state index is 0.366. The first kappa shape index (κ1) is 13.8. The number of benzene rings is 1. The Labute approximate surface area is 114 Å². The normalized spacial score (nSPS) is 18.8. The highest BCUT2D eigenvalue weighted by Crippen LogP contribution is 2.21. The van der Waals surface area contributed by atoms with Crippen molar-refractivity contribution >= 4 is 11.6 Å². The lowest BCUT2D eigenvalue weighted by molar-refractivity contribution is 0.00253. The third-order valence-electron chi connectivity index (χ3n) is 3.20. The maximum Gasteiger partial charge on any atom is 0.0608 e. The maximum absolute atomic E-state index is 5.94. The van der Waals surface area contributed by atoms with Gasteiger partial charge < -0.3 is 4.74 Å². The van der Waals surface area contributed by atoms with E-state index in [4.69, 9.17) is 16.3 Å². The van der Waals surface area contributed by atoms with Gasteiger partial charge in [-0.2, -0.15) is 0 Å². The average molecular weight is 269 g/mol. The molecule has 0 radical (unpaired) electrons. The first-order valence-electron chi connectivity index (χ1n) is 6.64. The minimum Gasteiger partial charge on any atom is -0.379 e. The van der Waals surface area contributed by atoms with Crippen molar-refractivity contribution in [2.24, 2.45) is 0 Å². The molecule has 0 aliphatic carbocycles. The lowest BCUT2D eigenvalue weighted by Crippen LogP contribution is -2.47. The third-order valence-corrected chi connectivity index (χ3v) is 3.45. The first-order chi connectivity index (χ1) is 8.79. The van der Waals surface area contributed by atoms with E-state index in [-0.39, 0.29) is 0 Å². The molecule has 0 bridgehead atoms. The molecule has 0 spiro atoms. The highest BCUT2D eigenvalue weighted by atomic mass is 35.5. The third kappa shape index (κ3) is 3.95. The fourth-order valence-corrected chi connectivity index (χ4v) is 2.33. The van der Waals surface area contributed by atoms with Crippen LogP contribution in [-0.4, -0.2) is 31.3 Å². The predicted molar refractivity (Wildman–Crippen MR) is 74.6 cm³/mol. The van der Waals surface area contributed by atoms with Crippen LogP contribution in [0.2, 0.25) is 5.02 Å². The molecule has 4 heteroatoms. The molecular formula is C14H21ClN2O. The van der Waals surface area contributed by atoms with Crippen molar-refractivity contribution < 1.29 is 4.74 Å². The highest BCUT2D eigenvalue weighted by molar-refractivity contribution is 6.30. The number of morpholine rings is 1. The number of hydrogen-bond acceptors (Lipinski definition) is 3. The Bertz CT molecular complexity index is 349.